The van der Waals surface area contributed by atoms with Gasteiger partial charge in [0.25, 0.3) is 0 Å². The first-order chi connectivity index (χ1) is 7.46. The van der Waals surface area contributed by atoms with Crippen molar-refractivity contribution in [3.05, 3.63) is 30.6 Å². The van der Waals surface area contributed by atoms with Crippen molar-refractivity contribution < 1.29 is 96.4 Å². The first-order valence-electron chi connectivity index (χ1n) is 2.43. The number of nitrogens with zero attached hydrogens (tertiary/aromatic N) is 2. The molecule has 0 unspecified atom stereocenters. The second-order valence-electron chi connectivity index (χ2n) is 1.26. The summed E-state index contributed by atoms with van der Waals surface area (Å²) in [5, 5.41) is 29.5. The minimum absolute atomic E-state index is 0. The van der Waals surface area contributed by atoms with Gasteiger partial charge in [-0.1, -0.05) is 0 Å². The third-order valence-corrected chi connectivity index (χ3v) is 0. The maximum atomic E-state index is 8.52. The molecule has 16 nitrogen and oxygen atoms in total. The topological polar surface area (TPSA) is 293 Å². The molecule has 0 aliphatic carbocycles. The van der Waals surface area contributed by atoms with Crippen molar-refractivity contribution >= 4 is 20.8 Å². The van der Waals surface area contributed by atoms with Crippen molar-refractivity contribution in [1.82, 2.24) is 0 Å². The summed E-state index contributed by atoms with van der Waals surface area (Å²) in [5.74, 6) is 0. The van der Waals surface area contributed by atoms with Gasteiger partial charge in [-0.15, -0.1) is 0 Å². The molecule has 0 saturated carbocycles. The summed E-state index contributed by atoms with van der Waals surface area (Å²) in [6, 6.07) is 0. The van der Waals surface area contributed by atoms with Crippen LogP contribution in [0.2, 0.25) is 0 Å². The van der Waals surface area contributed by atoms with E-state index >= 15 is 0 Å². The summed E-state index contributed by atoms with van der Waals surface area (Å²) in [5.41, 5.74) is 0. The van der Waals surface area contributed by atoms with Crippen LogP contribution in [0.5, 0.6) is 0 Å². The van der Waals surface area contributed by atoms with Crippen LogP contribution in [0, 0.1) is 30.6 Å². The van der Waals surface area contributed by atoms with Gasteiger partial charge in [0.05, 0.1) is 10.2 Å². The zero-order valence-corrected chi connectivity index (χ0v) is 12.8. The van der Waals surface area contributed by atoms with Gasteiger partial charge in [0, 0.05) is 20.8 Å². The Morgan fingerprint density at radius 2 is 0.524 bits per heavy atom. The fourth-order valence-corrected chi connectivity index (χ4v) is 0. The van der Waals surface area contributed by atoms with Gasteiger partial charge < -0.3 is 48.9 Å². The van der Waals surface area contributed by atoms with E-state index in [4.69, 9.17) is 65.7 Å². The van der Waals surface area contributed by atoms with Crippen LogP contribution in [-0.2, 0) is 72.0 Å². The summed E-state index contributed by atoms with van der Waals surface area (Å²) < 4.78 is 68.2. The van der Waals surface area contributed by atoms with Crippen LogP contribution in [0.3, 0.4) is 0 Å². The van der Waals surface area contributed by atoms with E-state index in [0.717, 1.165) is 0 Å². The van der Waals surface area contributed by atoms with E-state index in [0.29, 0.717) is 0 Å². The van der Waals surface area contributed by atoms with Gasteiger partial charge in [-0.05, 0) is 0 Å². The summed E-state index contributed by atoms with van der Waals surface area (Å²) in [6.45, 7) is 0. The Hall–Kier alpha value is -0.302. The second kappa shape index (κ2) is 22.0. The summed E-state index contributed by atoms with van der Waals surface area (Å²) >= 11 is 0. The van der Waals surface area contributed by atoms with E-state index in [9.17, 15) is 0 Å². The van der Waals surface area contributed by atoms with Gasteiger partial charge in [-0.25, -0.2) is 0 Å². The van der Waals surface area contributed by atoms with Gasteiger partial charge in [-0.2, -0.15) is 0 Å². The van der Waals surface area contributed by atoms with E-state index < -0.39 is 31.0 Å². The van der Waals surface area contributed by atoms with E-state index in [1.165, 1.54) is 0 Å². The van der Waals surface area contributed by atoms with E-state index in [-0.39, 0.29) is 51.2 Å². The maximum Gasteiger partial charge on any atom is 2.00 e. The van der Waals surface area contributed by atoms with Crippen molar-refractivity contribution in [1.29, 1.82) is 0 Å². The Kier molecular flexibility index (Phi) is 44.8. The number of hydrogen-bond acceptors (Lipinski definition) is 14. The largest absolute Gasteiger partial charge is 2.00 e. The van der Waals surface area contributed by atoms with E-state index in [2.05, 4.69) is 0 Å². The van der Waals surface area contributed by atoms with Crippen molar-refractivity contribution in [2.75, 3.05) is 0 Å². The molecule has 139 valence electrons. The van der Waals surface area contributed by atoms with Crippen molar-refractivity contribution in [2.45, 2.75) is 0 Å². The molecule has 0 amide bonds. The van der Waals surface area contributed by atoms with Crippen LogP contribution in [0.25, 0.3) is 0 Å². The Morgan fingerprint density at radius 1 is 0.524 bits per heavy atom. The normalized spacial score (nSPS) is 7.81. The van der Waals surface area contributed by atoms with Crippen LogP contribution in [0.15, 0.2) is 0 Å². The van der Waals surface area contributed by atoms with Crippen molar-refractivity contribution in [3.8, 4) is 0 Å². The number of rotatable bonds is 0. The quantitative estimate of drug-likeness (QED) is 0.103. The molecule has 21 heteroatoms. The molecule has 0 aliphatic rings. The van der Waals surface area contributed by atoms with Crippen LogP contribution in [0.1, 0.15) is 0 Å². The zero-order valence-electron chi connectivity index (χ0n) is 8.33. The molecule has 0 aromatic carbocycles. The second-order valence-corrected chi connectivity index (χ2v) is 2.90. The molecule has 21 heavy (non-hydrogen) atoms. The molecule has 0 spiro atoms. The molecule has 3 radical (unpaired) electrons. The van der Waals surface area contributed by atoms with Crippen LogP contribution in [0.4, 0.5) is 0 Å². The standard InChI is InChI=1S/3Cu.2NO3.2H2O4S/c;;;2*2-1(3)4;2*1-5(2,3)4/h;;;;;2*(H2,1,2,3,4)/q3*+2;2*-1;;/p-4. The molecule has 0 aromatic rings. The average Bonchev–Trinajstić information content (AvgIpc) is 1.70. The SMILES string of the molecule is O=S(=O)([O-])[O-].O=S(=O)([O-])[O-].O=[N+]([O-])[O-].O=[N+]([O-])[O-].[Cu+2].[Cu+2].[Cu+2]. The predicted molar refractivity (Wildman–Crippen MR) is 41.7 cm³/mol. The van der Waals surface area contributed by atoms with Crippen LogP contribution < -0.4 is 0 Å². The molecule has 0 aromatic heterocycles. The molecule has 0 saturated heterocycles. The fourth-order valence-electron chi connectivity index (χ4n) is 0. The summed E-state index contributed by atoms with van der Waals surface area (Å²) in [4.78, 5) is 16.5. The first kappa shape index (κ1) is 42.8. The zero-order chi connectivity index (χ0) is 16.2. The Morgan fingerprint density at radius 3 is 0.524 bits per heavy atom. The van der Waals surface area contributed by atoms with Crippen molar-refractivity contribution in [3.63, 3.8) is 0 Å². The smallest absolute Gasteiger partial charge is 0.759 e. The van der Waals surface area contributed by atoms with E-state index in [1.807, 2.05) is 0 Å². The average molecular weight is 507 g/mol. The molecule has 0 aliphatic heterocycles. The third kappa shape index (κ3) is 67900. The van der Waals surface area contributed by atoms with Gasteiger partial charge >= 0.3 is 51.2 Å². The monoisotopic (exact) mass is 505 g/mol. The summed E-state index contributed by atoms with van der Waals surface area (Å²) in [7, 11) is -10.3. The van der Waals surface area contributed by atoms with Crippen LogP contribution in [-0.4, -0.2) is 45.2 Å². The third-order valence-electron chi connectivity index (χ3n) is 0. The minimum atomic E-state index is -5.17. The van der Waals surface area contributed by atoms with Gasteiger partial charge in [0.1, 0.15) is 0 Å². The minimum Gasteiger partial charge on any atom is -0.759 e. The molecular weight excluding hydrogens is 507 g/mol. The van der Waals surface area contributed by atoms with Crippen molar-refractivity contribution in [2.24, 2.45) is 0 Å². The van der Waals surface area contributed by atoms with Gasteiger partial charge in [-0.3, -0.25) is 16.8 Å². The Bertz CT molecular complexity index is 357. The fraction of sp³-hybridized carbons (Fsp3) is 0. The molecule has 0 atom stereocenters. The molecule has 0 rings (SSSR count). The molecule has 0 heterocycles. The summed E-state index contributed by atoms with van der Waals surface area (Å²) in [6.07, 6.45) is 0. The molecule has 0 bridgehead atoms. The maximum absolute atomic E-state index is 8.52. The molecule has 0 fully saturated rings. The Labute approximate surface area is 147 Å². The molecule has 0 N–H and O–H groups in total. The van der Waals surface area contributed by atoms with Gasteiger partial charge in [0.2, 0.25) is 0 Å². The first-order valence-corrected chi connectivity index (χ1v) is 5.10. The Balaban J connectivity index is -0.0000000239. The van der Waals surface area contributed by atoms with Gasteiger partial charge in [0.15, 0.2) is 0 Å². The number of hydrogen-bond donors (Lipinski definition) is 0. The van der Waals surface area contributed by atoms with Crippen LogP contribution >= 0.6 is 0 Å². The molecular formula is Cu3N2O14S2. The van der Waals surface area contributed by atoms with E-state index in [1.54, 1.807) is 0 Å². The predicted octanol–water partition coefficient (Wildman–Crippen LogP) is -3.16.